The van der Waals surface area contributed by atoms with Crippen molar-refractivity contribution >= 4 is 14.3 Å². The molecule has 0 spiro atoms. The smallest absolute Gasteiger partial charge is 0.308 e. The lowest BCUT2D eigenvalue weighted by atomic mass is 10.2. The predicted molar refractivity (Wildman–Crippen MR) is 65.9 cm³/mol. The Labute approximate surface area is 97.5 Å². The monoisotopic (exact) mass is 238 g/mol. The summed E-state index contributed by atoms with van der Waals surface area (Å²) in [5.41, 5.74) is 1.10. The lowest BCUT2D eigenvalue weighted by Gasteiger charge is -2.17. The standard InChI is InChI=1S/C12H18O3Si/c1-10(13)15-12-7-5-11(6-8-12)9-14-16(2,3)4/h5-8H,9H2,1-4H3. The summed E-state index contributed by atoms with van der Waals surface area (Å²) < 4.78 is 10.7. The molecule has 1 aromatic carbocycles. The highest BCUT2D eigenvalue weighted by molar-refractivity contribution is 6.69. The normalized spacial score (nSPS) is 11.2. The van der Waals surface area contributed by atoms with Crippen molar-refractivity contribution in [1.82, 2.24) is 0 Å². The van der Waals surface area contributed by atoms with Gasteiger partial charge >= 0.3 is 5.97 Å². The summed E-state index contributed by atoms with van der Waals surface area (Å²) in [6.07, 6.45) is 0. The van der Waals surface area contributed by atoms with Gasteiger partial charge in [0.1, 0.15) is 5.75 Å². The van der Waals surface area contributed by atoms with Gasteiger partial charge in [-0.1, -0.05) is 12.1 Å². The van der Waals surface area contributed by atoms with Gasteiger partial charge in [-0.3, -0.25) is 4.79 Å². The first kappa shape index (κ1) is 12.9. The molecule has 0 saturated carbocycles. The van der Waals surface area contributed by atoms with Crippen LogP contribution >= 0.6 is 0 Å². The van der Waals surface area contributed by atoms with Crippen LogP contribution in [0.25, 0.3) is 0 Å². The molecule has 3 nitrogen and oxygen atoms in total. The Morgan fingerprint density at radius 1 is 1.19 bits per heavy atom. The van der Waals surface area contributed by atoms with E-state index < -0.39 is 8.32 Å². The maximum atomic E-state index is 10.7. The van der Waals surface area contributed by atoms with Gasteiger partial charge < -0.3 is 9.16 Å². The number of carbonyl (C=O) groups excluding carboxylic acids is 1. The molecule has 0 aliphatic carbocycles. The van der Waals surface area contributed by atoms with Crippen molar-refractivity contribution < 1.29 is 14.0 Å². The quantitative estimate of drug-likeness (QED) is 0.459. The van der Waals surface area contributed by atoms with E-state index in [4.69, 9.17) is 9.16 Å². The first-order valence-corrected chi connectivity index (χ1v) is 8.69. The summed E-state index contributed by atoms with van der Waals surface area (Å²) >= 11 is 0. The number of hydrogen-bond acceptors (Lipinski definition) is 3. The highest BCUT2D eigenvalue weighted by Gasteiger charge is 2.13. The van der Waals surface area contributed by atoms with Crippen molar-refractivity contribution in [2.45, 2.75) is 33.2 Å². The summed E-state index contributed by atoms with van der Waals surface area (Å²) in [4.78, 5) is 10.7. The predicted octanol–water partition coefficient (Wildman–Crippen LogP) is 2.96. The first-order valence-electron chi connectivity index (χ1n) is 5.28. The minimum absolute atomic E-state index is 0.300. The molecule has 4 heteroatoms. The Balaban J connectivity index is 2.55. The average Bonchev–Trinajstić information content (AvgIpc) is 2.14. The third-order valence-corrected chi connectivity index (χ3v) is 2.87. The molecule has 16 heavy (non-hydrogen) atoms. The van der Waals surface area contributed by atoms with Gasteiger partial charge in [-0.25, -0.2) is 0 Å². The van der Waals surface area contributed by atoms with Gasteiger partial charge in [0.15, 0.2) is 8.32 Å². The molecule has 0 radical (unpaired) electrons. The van der Waals surface area contributed by atoms with E-state index in [9.17, 15) is 4.79 Å². The summed E-state index contributed by atoms with van der Waals surface area (Å²) in [7, 11) is -1.47. The SMILES string of the molecule is CC(=O)Oc1ccc(CO[Si](C)(C)C)cc1. The van der Waals surface area contributed by atoms with Gasteiger partial charge in [-0.2, -0.15) is 0 Å². The van der Waals surface area contributed by atoms with Gasteiger partial charge in [0.25, 0.3) is 0 Å². The highest BCUT2D eigenvalue weighted by atomic mass is 28.4. The van der Waals surface area contributed by atoms with Crippen LogP contribution in [0.15, 0.2) is 24.3 Å². The van der Waals surface area contributed by atoms with Crippen molar-refractivity contribution in [3.8, 4) is 5.75 Å². The number of carbonyl (C=O) groups is 1. The van der Waals surface area contributed by atoms with E-state index in [0.29, 0.717) is 12.4 Å². The fraction of sp³-hybridized carbons (Fsp3) is 0.417. The van der Waals surface area contributed by atoms with E-state index in [-0.39, 0.29) is 5.97 Å². The van der Waals surface area contributed by atoms with Gasteiger partial charge in [-0.15, -0.1) is 0 Å². The van der Waals surface area contributed by atoms with Crippen LogP contribution in [0, 0.1) is 0 Å². The lowest BCUT2D eigenvalue weighted by molar-refractivity contribution is -0.131. The van der Waals surface area contributed by atoms with Crippen molar-refractivity contribution in [3.05, 3.63) is 29.8 Å². The Morgan fingerprint density at radius 2 is 1.75 bits per heavy atom. The van der Waals surface area contributed by atoms with Gasteiger partial charge in [0.05, 0.1) is 6.61 Å². The molecule has 0 saturated heterocycles. The molecule has 0 aliphatic heterocycles. The van der Waals surface area contributed by atoms with Crippen LogP contribution in [0.5, 0.6) is 5.75 Å². The second-order valence-electron chi connectivity index (χ2n) is 4.64. The molecule has 0 aromatic heterocycles. The zero-order valence-electron chi connectivity index (χ0n) is 10.2. The summed E-state index contributed by atoms with van der Waals surface area (Å²) in [5.74, 6) is 0.273. The second-order valence-corrected chi connectivity index (χ2v) is 9.15. The first-order chi connectivity index (χ1) is 7.37. The maximum Gasteiger partial charge on any atom is 0.308 e. The van der Waals surface area contributed by atoms with Gasteiger partial charge in [0.2, 0.25) is 0 Å². The molecule has 1 rings (SSSR count). The Bertz CT molecular complexity index is 352. The van der Waals surface area contributed by atoms with E-state index in [2.05, 4.69) is 19.6 Å². The zero-order valence-corrected chi connectivity index (χ0v) is 11.2. The molecule has 0 bridgehead atoms. The largest absolute Gasteiger partial charge is 0.427 e. The molecule has 0 atom stereocenters. The molecule has 88 valence electrons. The van der Waals surface area contributed by atoms with E-state index in [1.807, 2.05) is 12.1 Å². The number of esters is 1. The average molecular weight is 238 g/mol. The van der Waals surface area contributed by atoms with E-state index in [1.165, 1.54) is 6.92 Å². The molecule has 0 aliphatic rings. The molecule has 0 N–H and O–H groups in total. The second kappa shape index (κ2) is 5.27. The molecular formula is C12H18O3Si. The van der Waals surface area contributed by atoms with Crippen LogP contribution in [-0.4, -0.2) is 14.3 Å². The number of ether oxygens (including phenoxy) is 1. The number of hydrogen-bond donors (Lipinski definition) is 0. The van der Waals surface area contributed by atoms with Crippen LogP contribution < -0.4 is 4.74 Å². The van der Waals surface area contributed by atoms with E-state index in [1.54, 1.807) is 12.1 Å². The van der Waals surface area contributed by atoms with Gasteiger partial charge in [-0.05, 0) is 37.3 Å². The third kappa shape index (κ3) is 5.09. The third-order valence-electron chi connectivity index (χ3n) is 1.86. The van der Waals surface area contributed by atoms with Crippen molar-refractivity contribution in [1.29, 1.82) is 0 Å². The maximum absolute atomic E-state index is 10.7. The Morgan fingerprint density at radius 3 is 2.19 bits per heavy atom. The van der Waals surface area contributed by atoms with Crippen LogP contribution in [0.4, 0.5) is 0 Å². The van der Waals surface area contributed by atoms with Crippen LogP contribution in [0.1, 0.15) is 12.5 Å². The molecule has 0 heterocycles. The van der Waals surface area contributed by atoms with Crippen LogP contribution in [-0.2, 0) is 15.8 Å². The van der Waals surface area contributed by atoms with Crippen molar-refractivity contribution in [2.24, 2.45) is 0 Å². The fourth-order valence-electron chi connectivity index (χ4n) is 1.12. The molecule has 0 fully saturated rings. The molecule has 0 amide bonds. The lowest BCUT2D eigenvalue weighted by Crippen LogP contribution is -2.24. The van der Waals surface area contributed by atoms with E-state index in [0.717, 1.165) is 5.56 Å². The zero-order chi connectivity index (χ0) is 12.2. The minimum atomic E-state index is -1.47. The van der Waals surface area contributed by atoms with Crippen LogP contribution in [0.3, 0.4) is 0 Å². The number of rotatable bonds is 4. The van der Waals surface area contributed by atoms with Crippen molar-refractivity contribution in [3.63, 3.8) is 0 Å². The summed E-state index contributed by atoms with van der Waals surface area (Å²) in [6, 6.07) is 7.39. The Hall–Kier alpha value is -1.13. The molecular weight excluding hydrogens is 220 g/mol. The Kier molecular flexibility index (Phi) is 4.26. The summed E-state index contributed by atoms with van der Waals surface area (Å²) in [5, 5.41) is 0. The number of benzene rings is 1. The molecule has 1 aromatic rings. The van der Waals surface area contributed by atoms with Crippen molar-refractivity contribution in [2.75, 3.05) is 0 Å². The fourth-order valence-corrected chi connectivity index (χ4v) is 1.72. The highest BCUT2D eigenvalue weighted by Crippen LogP contribution is 2.14. The van der Waals surface area contributed by atoms with E-state index >= 15 is 0 Å². The van der Waals surface area contributed by atoms with Crippen LogP contribution in [0.2, 0.25) is 19.6 Å². The minimum Gasteiger partial charge on any atom is -0.427 e. The topological polar surface area (TPSA) is 35.5 Å². The summed E-state index contributed by atoms with van der Waals surface area (Å²) in [6.45, 7) is 8.47. The molecule has 0 unspecified atom stereocenters. The van der Waals surface area contributed by atoms with Gasteiger partial charge in [0, 0.05) is 6.92 Å².